The molecule has 0 aliphatic heterocycles. The van der Waals surface area contributed by atoms with Crippen molar-refractivity contribution in [2.45, 2.75) is 25.8 Å². The summed E-state index contributed by atoms with van der Waals surface area (Å²) >= 11 is 1.65. The fourth-order valence-corrected chi connectivity index (χ4v) is 1.62. The van der Waals surface area contributed by atoms with Gasteiger partial charge < -0.3 is 5.73 Å². The van der Waals surface area contributed by atoms with Crippen LogP contribution in [0.4, 0.5) is 0 Å². The third kappa shape index (κ3) is 2.65. The van der Waals surface area contributed by atoms with Gasteiger partial charge in [0, 0.05) is 24.3 Å². The van der Waals surface area contributed by atoms with E-state index in [-0.39, 0.29) is 6.04 Å². The van der Waals surface area contributed by atoms with Crippen LogP contribution < -0.4 is 5.73 Å². The molecule has 0 fully saturated rings. The van der Waals surface area contributed by atoms with Gasteiger partial charge in [0.25, 0.3) is 0 Å². The lowest BCUT2D eigenvalue weighted by Crippen LogP contribution is -2.22. The minimum Gasteiger partial charge on any atom is -0.326 e. The molecule has 2 nitrogen and oxygen atoms in total. The summed E-state index contributed by atoms with van der Waals surface area (Å²) in [5, 5.41) is 3.11. The van der Waals surface area contributed by atoms with Gasteiger partial charge in [0.2, 0.25) is 0 Å². The lowest BCUT2D eigenvalue weighted by molar-refractivity contribution is 0.679. The summed E-state index contributed by atoms with van der Waals surface area (Å²) in [7, 11) is 0. The predicted octanol–water partition coefficient (Wildman–Crippen LogP) is 1.34. The Kier molecular flexibility index (Phi) is 3.27. The number of aryl methyl sites for hydroxylation is 1. The number of nitrogens with zero attached hydrogens (tertiary/aromatic N) is 1. The molecule has 0 saturated carbocycles. The van der Waals surface area contributed by atoms with Crippen LogP contribution in [0.2, 0.25) is 0 Å². The summed E-state index contributed by atoms with van der Waals surface area (Å²) in [6, 6.07) is 0.0523. The molecule has 0 radical (unpaired) electrons. The van der Waals surface area contributed by atoms with Gasteiger partial charge in [0.05, 0.1) is 10.7 Å². The second kappa shape index (κ2) is 4.24. The van der Waals surface area contributed by atoms with Gasteiger partial charge in [-0.1, -0.05) is 0 Å². The maximum atomic E-state index is 5.75. The first-order valence-electron chi connectivity index (χ1n) is 3.82. The molecule has 0 aliphatic rings. The van der Waals surface area contributed by atoms with Crippen molar-refractivity contribution in [2.75, 3.05) is 0 Å². The molecular weight excluding hydrogens is 168 g/mol. The highest BCUT2D eigenvalue weighted by atomic mass is 32.1. The first kappa shape index (κ1) is 9.24. The van der Waals surface area contributed by atoms with Crippen LogP contribution in [0.3, 0.4) is 0 Å². The number of aromatic nitrogens is 1. The largest absolute Gasteiger partial charge is 0.326 e. The predicted molar refractivity (Wildman–Crippen MR) is 52.0 cm³/mol. The van der Waals surface area contributed by atoms with Gasteiger partial charge in [0.15, 0.2) is 0 Å². The van der Waals surface area contributed by atoms with Crippen molar-refractivity contribution in [1.29, 1.82) is 0 Å². The summed E-state index contributed by atoms with van der Waals surface area (Å²) < 4.78 is 0. The van der Waals surface area contributed by atoms with Gasteiger partial charge >= 0.3 is 0 Å². The minimum atomic E-state index is 0.0523. The zero-order valence-corrected chi connectivity index (χ0v) is 7.90. The van der Waals surface area contributed by atoms with E-state index < -0.39 is 0 Å². The summed E-state index contributed by atoms with van der Waals surface area (Å²) in [5.74, 6) is 2.55. The number of hydrogen-bond donors (Lipinski definition) is 1. The Balaban J connectivity index is 2.47. The SMILES string of the molecule is C#CCC(N)Cc1csc(C)n1. The Bertz CT molecular complexity index is 285. The van der Waals surface area contributed by atoms with Crippen LogP contribution in [0.15, 0.2) is 5.38 Å². The molecule has 1 unspecified atom stereocenters. The molecule has 0 saturated heterocycles. The quantitative estimate of drug-likeness (QED) is 0.713. The van der Waals surface area contributed by atoms with Gasteiger partial charge in [-0.3, -0.25) is 0 Å². The molecule has 1 heterocycles. The molecule has 12 heavy (non-hydrogen) atoms. The van der Waals surface area contributed by atoms with Crippen molar-refractivity contribution < 1.29 is 0 Å². The van der Waals surface area contributed by atoms with E-state index >= 15 is 0 Å². The Hall–Kier alpha value is -0.850. The van der Waals surface area contributed by atoms with E-state index in [1.165, 1.54) is 0 Å². The van der Waals surface area contributed by atoms with Gasteiger partial charge in [-0.05, 0) is 6.92 Å². The molecule has 0 aliphatic carbocycles. The second-order valence-electron chi connectivity index (χ2n) is 2.73. The molecule has 64 valence electrons. The van der Waals surface area contributed by atoms with Crippen molar-refractivity contribution in [3.63, 3.8) is 0 Å². The molecule has 0 spiro atoms. The van der Waals surface area contributed by atoms with E-state index in [9.17, 15) is 0 Å². The Morgan fingerprint density at radius 3 is 3.08 bits per heavy atom. The van der Waals surface area contributed by atoms with Crippen molar-refractivity contribution in [3.8, 4) is 12.3 Å². The Labute approximate surface area is 76.8 Å². The zero-order chi connectivity index (χ0) is 8.97. The first-order valence-corrected chi connectivity index (χ1v) is 4.70. The second-order valence-corrected chi connectivity index (χ2v) is 3.79. The van der Waals surface area contributed by atoms with Crippen LogP contribution in [-0.2, 0) is 6.42 Å². The lowest BCUT2D eigenvalue weighted by atomic mass is 10.1. The van der Waals surface area contributed by atoms with E-state index in [1.54, 1.807) is 11.3 Å². The molecule has 0 amide bonds. The Morgan fingerprint density at radius 2 is 2.58 bits per heavy atom. The molecule has 3 heteroatoms. The number of terminal acetylenes is 1. The fraction of sp³-hybridized carbons (Fsp3) is 0.444. The Morgan fingerprint density at radius 1 is 1.83 bits per heavy atom. The lowest BCUT2D eigenvalue weighted by Gasteiger charge is -2.03. The third-order valence-electron chi connectivity index (χ3n) is 1.52. The average Bonchev–Trinajstić information content (AvgIpc) is 2.36. The van der Waals surface area contributed by atoms with E-state index in [2.05, 4.69) is 10.9 Å². The third-order valence-corrected chi connectivity index (χ3v) is 2.34. The molecular formula is C9H12N2S. The van der Waals surface area contributed by atoms with Crippen LogP contribution in [0, 0.1) is 19.3 Å². The standard InChI is InChI=1S/C9H12N2S/c1-3-4-8(10)5-9-6-12-7(2)11-9/h1,6,8H,4-5,10H2,2H3. The van der Waals surface area contributed by atoms with Gasteiger partial charge in [-0.15, -0.1) is 23.7 Å². The summed E-state index contributed by atoms with van der Waals surface area (Å²) in [6.07, 6.45) is 6.55. The summed E-state index contributed by atoms with van der Waals surface area (Å²) in [5.41, 5.74) is 6.80. The normalized spacial score (nSPS) is 12.4. The zero-order valence-electron chi connectivity index (χ0n) is 7.08. The number of thiazole rings is 1. The van der Waals surface area contributed by atoms with Gasteiger partial charge in [-0.2, -0.15) is 0 Å². The van der Waals surface area contributed by atoms with E-state index in [1.807, 2.05) is 12.3 Å². The number of rotatable bonds is 3. The van der Waals surface area contributed by atoms with E-state index in [0.717, 1.165) is 17.1 Å². The summed E-state index contributed by atoms with van der Waals surface area (Å²) in [6.45, 7) is 1.99. The van der Waals surface area contributed by atoms with Crippen molar-refractivity contribution in [2.24, 2.45) is 5.73 Å². The fourth-order valence-electron chi connectivity index (χ4n) is 0.994. The topological polar surface area (TPSA) is 38.9 Å². The smallest absolute Gasteiger partial charge is 0.0897 e. The van der Waals surface area contributed by atoms with Crippen LogP contribution in [0.25, 0.3) is 0 Å². The molecule has 1 aromatic heterocycles. The van der Waals surface area contributed by atoms with E-state index in [0.29, 0.717) is 6.42 Å². The number of hydrogen-bond acceptors (Lipinski definition) is 3. The van der Waals surface area contributed by atoms with Gasteiger partial charge in [-0.25, -0.2) is 4.98 Å². The molecule has 1 rings (SSSR count). The van der Waals surface area contributed by atoms with Crippen LogP contribution in [0.5, 0.6) is 0 Å². The number of nitrogens with two attached hydrogens (primary N) is 1. The summed E-state index contributed by atoms with van der Waals surface area (Å²) in [4.78, 5) is 4.30. The van der Waals surface area contributed by atoms with E-state index in [4.69, 9.17) is 12.2 Å². The van der Waals surface area contributed by atoms with Crippen molar-refractivity contribution in [3.05, 3.63) is 16.1 Å². The molecule has 1 atom stereocenters. The highest BCUT2D eigenvalue weighted by Crippen LogP contribution is 2.09. The molecule has 2 N–H and O–H groups in total. The van der Waals surface area contributed by atoms with Crippen LogP contribution >= 0.6 is 11.3 Å². The molecule has 0 aromatic carbocycles. The molecule has 0 bridgehead atoms. The van der Waals surface area contributed by atoms with Crippen molar-refractivity contribution >= 4 is 11.3 Å². The first-order chi connectivity index (χ1) is 5.72. The average molecular weight is 180 g/mol. The minimum absolute atomic E-state index is 0.0523. The van der Waals surface area contributed by atoms with Crippen LogP contribution in [-0.4, -0.2) is 11.0 Å². The van der Waals surface area contributed by atoms with Crippen LogP contribution in [0.1, 0.15) is 17.1 Å². The highest BCUT2D eigenvalue weighted by molar-refractivity contribution is 7.09. The highest BCUT2D eigenvalue weighted by Gasteiger charge is 2.04. The molecule has 1 aromatic rings. The maximum Gasteiger partial charge on any atom is 0.0897 e. The van der Waals surface area contributed by atoms with Gasteiger partial charge in [0.1, 0.15) is 0 Å². The van der Waals surface area contributed by atoms with Crippen molar-refractivity contribution in [1.82, 2.24) is 4.98 Å². The maximum absolute atomic E-state index is 5.75. The monoisotopic (exact) mass is 180 g/mol.